The number of ether oxygens (including phenoxy) is 1. The van der Waals surface area contributed by atoms with E-state index in [4.69, 9.17) is 27.9 Å². The predicted molar refractivity (Wildman–Crippen MR) is 79.3 cm³/mol. The third-order valence-electron chi connectivity index (χ3n) is 2.69. The first-order valence-corrected chi connectivity index (χ1v) is 6.54. The summed E-state index contributed by atoms with van der Waals surface area (Å²) in [6, 6.07) is 7.46. The highest BCUT2D eigenvalue weighted by atomic mass is 35.5. The highest BCUT2D eigenvalue weighted by molar-refractivity contribution is 6.32. The Labute approximate surface area is 122 Å². The molecule has 0 fully saturated rings. The van der Waals surface area contributed by atoms with Crippen molar-refractivity contribution in [2.45, 2.75) is 13.5 Å². The smallest absolute Gasteiger partial charge is 0.152 e. The van der Waals surface area contributed by atoms with Gasteiger partial charge in [0, 0.05) is 23.3 Å². The second-order valence-corrected chi connectivity index (χ2v) is 4.96. The molecule has 19 heavy (non-hydrogen) atoms. The Bertz CT molecular complexity index is 588. The zero-order valence-corrected chi connectivity index (χ0v) is 12.2. The molecule has 2 rings (SSSR count). The summed E-state index contributed by atoms with van der Waals surface area (Å²) in [6.45, 7) is 2.53. The van der Waals surface area contributed by atoms with Crippen LogP contribution in [0.3, 0.4) is 0 Å². The lowest BCUT2D eigenvalue weighted by Crippen LogP contribution is -2.03. The molecule has 0 aliphatic carbocycles. The number of aromatic nitrogens is 1. The van der Waals surface area contributed by atoms with Crippen molar-refractivity contribution in [1.82, 2.24) is 4.98 Å². The maximum atomic E-state index is 6.04. The number of methoxy groups -OCH3 is 1. The Morgan fingerprint density at radius 3 is 2.79 bits per heavy atom. The summed E-state index contributed by atoms with van der Waals surface area (Å²) in [5, 5.41) is 4.36. The zero-order valence-electron chi connectivity index (χ0n) is 10.7. The number of benzene rings is 1. The van der Waals surface area contributed by atoms with Gasteiger partial charge in [0.25, 0.3) is 0 Å². The number of hydrogen-bond acceptors (Lipinski definition) is 3. The predicted octanol–water partition coefficient (Wildman–Crippen LogP) is 4.32. The third-order valence-corrected chi connectivity index (χ3v) is 3.22. The number of nitrogens with zero attached hydrogens (tertiary/aromatic N) is 1. The molecule has 1 aromatic heterocycles. The van der Waals surface area contributed by atoms with Crippen molar-refractivity contribution in [2.75, 3.05) is 12.4 Å². The van der Waals surface area contributed by atoms with E-state index in [0.29, 0.717) is 16.7 Å². The van der Waals surface area contributed by atoms with Gasteiger partial charge in [-0.2, -0.15) is 0 Å². The number of aryl methyl sites for hydroxylation is 1. The molecule has 2 aromatic rings. The molecule has 0 radical (unpaired) electrons. The molecule has 1 heterocycles. The molecular formula is C14H14Cl2N2O. The average Bonchev–Trinajstić information content (AvgIpc) is 2.40. The molecule has 0 aliphatic rings. The topological polar surface area (TPSA) is 34.1 Å². The summed E-state index contributed by atoms with van der Waals surface area (Å²) in [4.78, 5) is 4.10. The van der Waals surface area contributed by atoms with Crippen LogP contribution in [-0.2, 0) is 6.54 Å². The van der Waals surface area contributed by atoms with Crippen molar-refractivity contribution < 1.29 is 4.74 Å². The fraction of sp³-hybridized carbons (Fsp3) is 0.214. The second kappa shape index (κ2) is 6.13. The standard InChI is InChI=1S/C14H14Cl2N2O/c1-9-5-12(14(16)18-7-9)17-8-10-6-11(15)3-4-13(10)19-2/h3-7,17H,8H2,1-2H3. The van der Waals surface area contributed by atoms with Gasteiger partial charge in [-0.3, -0.25) is 0 Å². The summed E-state index contributed by atoms with van der Waals surface area (Å²) in [5.74, 6) is 0.786. The van der Waals surface area contributed by atoms with E-state index in [9.17, 15) is 0 Å². The van der Waals surface area contributed by atoms with Gasteiger partial charge in [0.1, 0.15) is 5.75 Å². The number of anilines is 1. The molecule has 0 bridgehead atoms. The molecule has 0 aliphatic heterocycles. The van der Waals surface area contributed by atoms with E-state index < -0.39 is 0 Å². The van der Waals surface area contributed by atoms with Gasteiger partial charge in [-0.1, -0.05) is 23.2 Å². The van der Waals surface area contributed by atoms with Gasteiger partial charge in [-0.25, -0.2) is 4.98 Å². The Hall–Kier alpha value is -1.45. The summed E-state index contributed by atoms with van der Waals surface area (Å²) in [6.07, 6.45) is 1.73. The van der Waals surface area contributed by atoms with E-state index in [2.05, 4.69) is 10.3 Å². The van der Waals surface area contributed by atoms with Crippen LogP contribution in [0.25, 0.3) is 0 Å². The van der Waals surface area contributed by atoms with Crippen LogP contribution in [0.15, 0.2) is 30.5 Å². The van der Waals surface area contributed by atoms with E-state index in [1.165, 1.54) is 0 Å². The lowest BCUT2D eigenvalue weighted by molar-refractivity contribution is 0.410. The van der Waals surface area contributed by atoms with Gasteiger partial charge < -0.3 is 10.1 Å². The van der Waals surface area contributed by atoms with Gasteiger partial charge in [0.2, 0.25) is 0 Å². The maximum absolute atomic E-state index is 6.04. The minimum atomic E-state index is 0.451. The minimum absolute atomic E-state index is 0.451. The number of rotatable bonds is 4. The molecular weight excluding hydrogens is 283 g/mol. The molecule has 0 saturated heterocycles. The first-order valence-electron chi connectivity index (χ1n) is 5.78. The number of hydrogen-bond donors (Lipinski definition) is 1. The molecule has 0 unspecified atom stereocenters. The van der Waals surface area contributed by atoms with Crippen LogP contribution in [0.2, 0.25) is 10.2 Å². The van der Waals surface area contributed by atoms with Crippen molar-refractivity contribution >= 4 is 28.9 Å². The van der Waals surface area contributed by atoms with E-state index in [0.717, 1.165) is 22.6 Å². The van der Waals surface area contributed by atoms with Crippen molar-refractivity contribution in [3.63, 3.8) is 0 Å². The van der Waals surface area contributed by atoms with Crippen LogP contribution in [-0.4, -0.2) is 12.1 Å². The number of nitrogens with one attached hydrogen (secondary N) is 1. The summed E-state index contributed by atoms with van der Waals surface area (Å²) in [7, 11) is 1.63. The van der Waals surface area contributed by atoms with E-state index in [1.54, 1.807) is 19.4 Å². The summed E-state index contributed by atoms with van der Waals surface area (Å²) in [5.41, 5.74) is 2.81. The minimum Gasteiger partial charge on any atom is -0.496 e. The Morgan fingerprint density at radius 2 is 2.05 bits per heavy atom. The average molecular weight is 297 g/mol. The van der Waals surface area contributed by atoms with Gasteiger partial charge in [0.15, 0.2) is 5.15 Å². The molecule has 1 aromatic carbocycles. The monoisotopic (exact) mass is 296 g/mol. The Kier molecular flexibility index (Phi) is 4.51. The summed E-state index contributed by atoms with van der Waals surface area (Å²) >= 11 is 12.0. The number of pyridine rings is 1. The van der Waals surface area contributed by atoms with Crippen LogP contribution in [0.1, 0.15) is 11.1 Å². The van der Waals surface area contributed by atoms with E-state index >= 15 is 0 Å². The molecule has 3 nitrogen and oxygen atoms in total. The van der Waals surface area contributed by atoms with Gasteiger partial charge in [0.05, 0.1) is 12.8 Å². The fourth-order valence-electron chi connectivity index (χ4n) is 1.75. The maximum Gasteiger partial charge on any atom is 0.152 e. The van der Waals surface area contributed by atoms with Gasteiger partial charge >= 0.3 is 0 Å². The Balaban J connectivity index is 2.18. The van der Waals surface area contributed by atoms with Crippen LogP contribution >= 0.6 is 23.2 Å². The highest BCUT2D eigenvalue weighted by Crippen LogP contribution is 2.25. The molecule has 0 spiro atoms. The van der Waals surface area contributed by atoms with Crippen LogP contribution in [0.5, 0.6) is 5.75 Å². The quantitative estimate of drug-likeness (QED) is 0.853. The number of halogens is 2. The largest absolute Gasteiger partial charge is 0.496 e. The molecule has 5 heteroatoms. The lowest BCUT2D eigenvalue weighted by atomic mass is 10.2. The van der Waals surface area contributed by atoms with Crippen molar-refractivity contribution in [1.29, 1.82) is 0 Å². The lowest BCUT2D eigenvalue weighted by Gasteiger charge is -2.12. The molecule has 0 atom stereocenters. The van der Waals surface area contributed by atoms with E-state index in [1.807, 2.05) is 25.1 Å². The SMILES string of the molecule is COc1ccc(Cl)cc1CNc1cc(C)cnc1Cl. The van der Waals surface area contributed by atoms with Gasteiger partial charge in [-0.15, -0.1) is 0 Å². The van der Waals surface area contributed by atoms with Crippen molar-refractivity contribution in [2.24, 2.45) is 0 Å². The van der Waals surface area contributed by atoms with Crippen LogP contribution in [0.4, 0.5) is 5.69 Å². The normalized spacial score (nSPS) is 10.3. The second-order valence-electron chi connectivity index (χ2n) is 4.16. The fourth-order valence-corrected chi connectivity index (χ4v) is 2.12. The Morgan fingerprint density at radius 1 is 1.26 bits per heavy atom. The van der Waals surface area contributed by atoms with Crippen molar-refractivity contribution in [3.8, 4) is 5.75 Å². The molecule has 1 N–H and O–H groups in total. The van der Waals surface area contributed by atoms with Crippen molar-refractivity contribution in [3.05, 3.63) is 51.8 Å². The molecule has 100 valence electrons. The van der Waals surface area contributed by atoms with Gasteiger partial charge in [-0.05, 0) is 36.8 Å². The third kappa shape index (κ3) is 3.52. The molecule has 0 saturated carbocycles. The highest BCUT2D eigenvalue weighted by Gasteiger charge is 2.06. The first-order chi connectivity index (χ1) is 9.10. The summed E-state index contributed by atoms with van der Waals surface area (Å²) < 4.78 is 5.30. The van der Waals surface area contributed by atoms with Crippen LogP contribution < -0.4 is 10.1 Å². The van der Waals surface area contributed by atoms with E-state index in [-0.39, 0.29) is 0 Å². The first kappa shape index (κ1) is 14.0. The van der Waals surface area contributed by atoms with Crippen LogP contribution in [0, 0.1) is 6.92 Å². The molecule has 0 amide bonds. The zero-order chi connectivity index (χ0) is 13.8.